The van der Waals surface area contributed by atoms with Crippen LogP contribution in [0, 0.1) is 6.92 Å². The largest absolute Gasteiger partial charge is 0.324 e. The summed E-state index contributed by atoms with van der Waals surface area (Å²) in [7, 11) is -4.04. The van der Waals surface area contributed by atoms with Gasteiger partial charge in [0.15, 0.2) is 5.78 Å². The van der Waals surface area contributed by atoms with E-state index < -0.39 is 22.5 Å². The third kappa shape index (κ3) is 5.51. The Morgan fingerprint density at radius 2 is 1.65 bits per heavy atom. The maximum Gasteiger partial charge on any atom is 0.264 e. The van der Waals surface area contributed by atoms with E-state index in [2.05, 4.69) is 5.32 Å². The molecule has 31 heavy (non-hydrogen) atoms. The predicted octanol–water partition coefficient (Wildman–Crippen LogP) is 4.69. The predicted molar refractivity (Wildman–Crippen MR) is 122 cm³/mol. The van der Waals surface area contributed by atoms with Gasteiger partial charge >= 0.3 is 0 Å². The van der Waals surface area contributed by atoms with E-state index >= 15 is 0 Å². The molecule has 1 amide bonds. The zero-order valence-corrected chi connectivity index (χ0v) is 18.6. The first-order valence-electron chi connectivity index (χ1n) is 9.42. The van der Waals surface area contributed by atoms with Crippen molar-refractivity contribution in [1.29, 1.82) is 0 Å². The summed E-state index contributed by atoms with van der Waals surface area (Å²) in [5, 5.41) is 3.00. The molecule has 0 aliphatic rings. The number of amides is 1. The topological polar surface area (TPSA) is 83.6 Å². The Morgan fingerprint density at radius 3 is 2.29 bits per heavy atom. The van der Waals surface area contributed by atoms with Crippen molar-refractivity contribution >= 4 is 44.7 Å². The first-order chi connectivity index (χ1) is 14.7. The number of carbonyl (C=O) groups is 2. The molecule has 6 nitrogen and oxygen atoms in total. The van der Waals surface area contributed by atoms with Gasteiger partial charge in [0.25, 0.3) is 10.0 Å². The Labute approximate surface area is 186 Å². The maximum atomic E-state index is 13.3. The van der Waals surface area contributed by atoms with Gasteiger partial charge in [-0.25, -0.2) is 8.42 Å². The van der Waals surface area contributed by atoms with E-state index in [1.54, 1.807) is 54.6 Å². The molecule has 3 aromatic rings. The minimum atomic E-state index is -4.04. The fourth-order valence-corrected chi connectivity index (χ4v) is 4.53. The SMILES string of the molecule is CC(=O)c1cccc(NC(=O)CN(c2cccc(Cl)c2)S(=O)(=O)c2ccc(C)cc2)c1. The number of nitrogens with one attached hydrogen (secondary N) is 1. The summed E-state index contributed by atoms with van der Waals surface area (Å²) in [6.07, 6.45) is 0. The number of ketones is 1. The monoisotopic (exact) mass is 456 g/mol. The highest BCUT2D eigenvalue weighted by Gasteiger charge is 2.27. The Hall–Kier alpha value is -3.16. The Morgan fingerprint density at radius 1 is 0.968 bits per heavy atom. The summed E-state index contributed by atoms with van der Waals surface area (Å²) in [4.78, 5) is 24.4. The normalized spacial score (nSPS) is 11.1. The van der Waals surface area contributed by atoms with Gasteiger partial charge in [0.1, 0.15) is 6.54 Å². The van der Waals surface area contributed by atoms with Gasteiger partial charge in [-0.2, -0.15) is 0 Å². The van der Waals surface area contributed by atoms with Crippen molar-refractivity contribution in [2.24, 2.45) is 0 Å². The molecule has 0 aliphatic heterocycles. The summed E-state index contributed by atoms with van der Waals surface area (Å²) in [5.41, 5.74) is 2.02. The number of hydrogen-bond donors (Lipinski definition) is 1. The molecule has 0 aromatic heterocycles. The van der Waals surface area contributed by atoms with Gasteiger partial charge in [-0.05, 0) is 56.3 Å². The van der Waals surface area contributed by atoms with Gasteiger partial charge in [-0.1, -0.05) is 47.5 Å². The second kappa shape index (κ2) is 9.32. The lowest BCUT2D eigenvalue weighted by molar-refractivity contribution is -0.114. The van der Waals surface area contributed by atoms with Crippen molar-refractivity contribution in [3.63, 3.8) is 0 Å². The molecule has 0 spiro atoms. The summed E-state index contributed by atoms with van der Waals surface area (Å²) in [6, 6.07) is 19.1. The van der Waals surface area contributed by atoms with Crippen LogP contribution in [0.3, 0.4) is 0 Å². The second-order valence-corrected chi connectivity index (χ2v) is 9.29. The molecule has 0 unspecified atom stereocenters. The molecule has 3 aromatic carbocycles. The first-order valence-corrected chi connectivity index (χ1v) is 11.2. The van der Waals surface area contributed by atoms with Crippen molar-refractivity contribution in [2.75, 3.05) is 16.2 Å². The van der Waals surface area contributed by atoms with Crippen LogP contribution < -0.4 is 9.62 Å². The standard InChI is InChI=1S/C23H21ClN2O4S/c1-16-9-11-22(12-10-16)31(29,30)26(21-8-4-6-19(24)14-21)15-23(28)25-20-7-3-5-18(13-20)17(2)27/h3-14H,15H2,1-2H3,(H,25,28). The fraction of sp³-hybridized carbons (Fsp3) is 0.130. The van der Waals surface area contributed by atoms with E-state index in [4.69, 9.17) is 11.6 Å². The van der Waals surface area contributed by atoms with E-state index in [1.807, 2.05) is 6.92 Å². The van der Waals surface area contributed by atoms with Gasteiger partial charge in [0.05, 0.1) is 10.6 Å². The van der Waals surface area contributed by atoms with Crippen LogP contribution >= 0.6 is 11.6 Å². The highest BCUT2D eigenvalue weighted by Crippen LogP contribution is 2.26. The second-order valence-electron chi connectivity index (χ2n) is 6.99. The molecule has 8 heteroatoms. The average Bonchev–Trinajstić information content (AvgIpc) is 2.72. The minimum Gasteiger partial charge on any atom is -0.324 e. The molecular formula is C23H21ClN2O4S. The highest BCUT2D eigenvalue weighted by molar-refractivity contribution is 7.92. The van der Waals surface area contributed by atoms with Gasteiger partial charge in [0.2, 0.25) is 5.91 Å². The molecule has 160 valence electrons. The summed E-state index contributed by atoms with van der Waals surface area (Å²) < 4.78 is 27.7. The lowest BCUT2D eigenvalue weighted by Gasteiger charge is -2.24. The number of sulfonamides is 1. The third-order valence-corrected chi connectivity index (χ3v) is 6.57. The first kappa shape index (κ1) is 22.5. The number of nitrogens with zero attached hydrogens (tertiary/aromatic N) is 1. The van der Waals surface area contributed by atoms with Crippen LogP contribution in [-0.2, 0) is 14.8 Å². The molecule has 0 fully saturated rings. The minimum absolute atomic E-state index is 0.0597. The lowest BCUT2D eigenvalue weighted by atomic mass is 10.1. The molecule has 0 heterocycles. The number of rotatable bonds is 7. The highest BCUT2D eigenvalue weighted by atomic mass is 35.5. The van der Waals surface area contributed by atoms with Crippen molar-refractivity contribution in [1.82, 2.24) is 0 Å². The van der Waals surface area contributed by atoms with Gasteiger partial charge < -0.3 is 5.32 Å². The molecule has 0 radical (unpaired) electrons. The molecule has 0 bridgehead atoms. The van der Waals surface area contributed by atoms with Crippen LogP contribution in [0.5, 0.6) is 0 Å². The summed E-state index contributed by atoms with van der Waals surface area (Å²) >= 11 is 6.07. The van der Waals surface area contributed by atoms with E-state index in [9.17, 15) is 18.0 Å². The van der Waals surface area contributed by atoms with Crippen LogP contribution in [0.1, 0.15) is 22.8 Å². The van der Waals surface area contributed by atoms with Crippen LogP contribution in [0.25, 0.3) is 0 Å². The van der Waals surface area contributed by atoms with Crippen LogP contribution in [0.4, 0.5) is 11.4 Å². The molecule has 0 saturated heterocycles. The number of Topliss-reactive ketones (excluding diaryl/α,β-unsaturated/α-hetero) is 1. The number of anilines is 2. The number of carbonyl (C=O) groups excluding carboxylic acids is 2. The summed E-state index contributed by atoms with van der Waals surface area (Å²) in [6.45, 7) is 2.81. The summed E-state index contributed by atoms with van der Waals surface area (Å²) in [5.74, 6) is -0.699. The Kier molecular flexibility index (Phi) is 6.77. The quantitative estimate of drug-likeness (QED) is 0.523. The van der Waals surface area contributed by atoms with Gasteiger partial charge in [0, 0.05) is 16.3 Å². The molecule has 3 rings (SSSR count). The third-order valence-electron chi connectivity index (χ3n) is 4.55. The van der Waals surface area contributed by atoms with E-state index in [0.717, 1.165) is 9.87 Å². The van der Waals surface area contributed by atoms with Crippen molar-refractivity contribution < 1.29 is 18.0 Å². The molecule has 1 N–H and O–H groups in total. The smallest absolute Gasteiger partial charge is 0.264 e. The van der Waals surface area contributed by atoms with Crippen LogP contribution in [-0.4, -0.2) is 26.7 Å². The molecule has 0 atom stereocenters. The zero-order valence-electron chi connectivity index (χ0n) is 17.0. The number of benzene rings is 3. The fourth-order valence-electron chi connectivity index (χ4n) is 2.93. The molecule has 0 saturated carbocycles. The van der Waals surface area contributed by atoms with Crippen LogP contribution in [0.15, 0.2) is 77.7 Å². The molecule has 0 aliphatic carbocycles. The Bertz CT molecular complexity index is 1220. The zero-order chi connectivity index (χ0) is 22.6. The maximum absolute atomic E-state index is 13.3. The van der Waals surface area contributed by atoms with E-state index in [1.165, 1.54) is 25.1 Å². The van der Waals surface area contributed by atoms with Crippen molar-refractivity contribution in [3.05, 3.63) is 88.9 Å². The molecular weight excluding hydrogens is 436 g/mol. The van der Waals surface area contributed by atoms with Crippen LogP contribution in [0.2, 0.25) is 5.02 Å². The van der Waals surface area contributed by atoms with E-state index in [0.29, 0.717) is 16.3 Å². The van der Waals surface area contributed by atoms with Gasteiger partial charge in [-0.3, -0.25) is 13.9 Å². The average molecular weight is 457 g/mol. The number of aryl methyl sites for hydroxylation is 1. The number of hydrogen-bond acceptors (Lipinski definition) is 4. The van der Waals surface area contributed by atoms with E-state index in [-0.39, 0.29) is 16.4 Å². The van der Waals surface area contributed by atoms with Crippen molar-refractivity contribution in [3.8, 4) is 0 Å². The lowest BCUT2D eigenvalue weighted by Crippen LogP contribution is -2.38. The van der Waals surface area contributed by atoms with Gasteiger partial charge in [-0.15, -0.1) is 0 Å². The van der Waals surface area contributed by atoms with Crippen molar-refractivity contribution in [2.45, 2.75) is 18.7 Å². The Balaban J connectivity index is 1.93. The number of halogens is 1.